The molecule has 0 aromatic heterocycles. The van der Waals surface area contributed by atoms with Crippen molar-refractivity contribution in [2.24, 2.45) is 5.73 Å². The van der Waals surface area contributed by atoms with Gasteiger partial charge in [0.05, 0.1) is 16.8 Å². The predicted octanol–water partition coefficient (Wildman–Crippen LogP) is 3.02. The third-order valence-electron chi connectivity index (χ3n) is 4.40. The maximum absolute atomic E-state index is 13.2. The summed E-state index contributed by atoms with van der Waals surface area (Å²) in [5.74, 6) is 0. The van der Waals surface area contributed by atoms with Crippen LogP contribution in [-0.4, -0.2) is 18.3 Å². The van der Waals surface area contributed by atoms with E-state index in [1.807, 2.05) is 27.7 Å². The van der Waals surface area contributed by atoms with Crippen LogP contribution in [0.2, 0.25) is 0 Å². The van der Waals surface area contributed by atoms with Gasteiger partial charge in [0, 0.05) is 6.04 Å². The zero-order valence-corrected chi connectivity index (χ0v) is 13.4. The first-order valence-electron chi connectivity index (χ1n) is 7.17. The molecule has 2 N–H and O–H groups in total. The second kappa shape index (κ2) is 5.25. The van der Waals surface area contributed by atoms with Crippen LogP contribution >= 0.6 is 0 Å². The van der Waals surface area contributed by atoms with Gasteiger partial charge >= 0.3 is 13.3 Å². The van der Waals surface area contributed by atoms with E-state index in [4.69, 9.17) is 15.0 Å². The Labute approximate surface area is 129 Å². The third kappa shape index (κ3) is 3.02. The van der Waals surface area contributed by atoms with Crippen LogP contribution in [0.1, 0.15) is 51.8 Å². The molecule has 1 aliphatic rings. The molecule has 1 fully saturated rings. The molecule has 1 saturated heterocycles. The van der Waals surface area contributed by atoms with Crippen LogP contribution in [0.4, 0.5) is 13.2 Å². The van der Waals surface area contributed by atoms with E-state index in [2.05, 4.69) is 0 Å². The number of hydrogen-bond acceptors (Lipinski definition) is 3. The highest BCUT2D eigenvalue weighted by Gasteiger charge is 2.52. The summed E-state index contributed by atoms with van der Waals surface area (Å²) in [6, 6.07) is 3.34. The first-order valence-corrected chi connectivity index (χ1v) is 7.17. The van der Waals surface area contributed by atoms with E-state index in [0.29, 0.717) is 5.46 Å². The SMILES string of the molecule is C[C@@H](N)c1ccc(B2OC(C)(C)C(C)(C)O2)cc1C(F)(F)F. The topological polar surface area (TPSA) is 44.5 Å². The predicted molar refractivity (Wildman–Crippen MR) is 79.8 cm³/mol. The van der Waals surface area contributed by atoms with Crippen LogP contribution in [0.25, 0.3) is 0 Å². The molecule has 0 unspecified atom stereocenters. The van der Waals surface area contributed by atoms with Crippen LogP contribution in [0.15, 0.2) is 18.2 Å². The molecule has 0 aliphatic carbocycles. The molecular weight excluding hydrogens is 294 g/mol. The Hall–Kier alpha value is -1.05. The average Bonchev–Trinajstić information content (AvgIpc) is 2.56. The van der Waals surface area contributed by atoms with E-state index in [1.165, 1.54) is 13.0 Å². The highest BCUT2D eigenvalue weighted by molar-refractivity contribution is 6.62. The number of rotatable bonds is 2. The van der Waals surface area contributed by atoms with Crippen molar-refractivity contribution in [3.63, 3.8) is 0 Å². The van der Waals surface area contributed by atoms with Gasteiger partial charge in [0.15, 0.2) is 0 Å². The standard InChI is InChI=1S/C15H21BF3NO2/c1-9(20)11-7-6-10(8-12(11)15(17,18)19)16-21-13(2,3)14(4,5)22-16/h6-9H,20H2,1-5H3/t9-/m1/s1. The number of benzene rings is 1. The second-order valence-electron chi connectivity index (χ2n) is 6.72. The smallest absolute Gasteiger partial charge is 0.399 e. The molecule has 1 aromatic rings. The summed E-state index contributed by atoms with van der Waals surface area (Å²) < 4.78 is 51.3. The highest BCUT2D eigenvalue weighted by atomic mass is 19.4. The fourth-order valence-corrected chi connectivity index (χ4v) is 2.34. The molecular formula is C15H21BF3NO2. The Morgan fingerprint density at radius 2 is 1.59 bits per heavy atom. The lowest BCUT2D eigenvalue weighted by atomic mass is 9.77. The van der Waals surface area contributed by atoms with Gasteiger partial charge in [-0.15, -0.1) is 0 Å². The van der Waals surface area contributed by atoms with E-state index in [1.54, 1.807) is 6.07 Å². The van der Waals surface area contributed by atoms with E-state index in [9.17, 15) is 13.2 Å². The summed E-state index contributed by atoms with van der Waals surface area (Å²) in [6.45, 7) is 8.95. The maximum Gasteiger partial charge on any atom is 0.494 e. The molecule has 1 aromatic carbocycles. The Morgan fingerprint density at radius 1 is 1.09 bits per heavy atom. The van der Waals surface area contributed by atoms with E-state index in [-0.39, 0.29) is 5.56 Å². The molecule has 122 valence electrons. The molecule has 1 atom stereocenters. The summed E-state index contributed by atoms with van der Waals surface area (Å²) >= 11 is 0. The van der Waals surface area contributed by atoms with Crippen LogP contribution in [0.3, 0.4) is 0 Å². The van der Waals surface area contributed by atoms with Gasteiger partial charge in [-0.3, -0.25) is 0 Å². The van der Waals surface area contributed by atoms with Gasteiger partial charge in [-0.25, -0.2) is 0 Å². The minimum Gasteiger partial charge on any atom is -0.399 e. The van der Waals surface area contributed by atoms with Gasteiger partial charge in [-0.1, -0.05) is 12.1 Å². The number of halogens is 3. The molecule has 3 nitrogen and oxygen atoms in total. The monoisotopic (exact) mass is 315 g/mol. The van der Waals surface area contributed by atoms with Crippen LogP contribution < -0.4 is 11.2 Å². The minimum atomic E-state index is -4.47. The highest BCUT2D eigenvalue weighted by Crippen LogP contribution is 2.38. The maximum atomic E-state index is 13.2. The molecule has 0 saturated carbocycles. The van der Waals surface area contributed by atoms with Crippen molar-refractivity contribution < 1.29 is 22.5 Å². The van der Waals surface area contributed by atoms with Crippen LogP contribution in [0.5, 0.6) is 0 Å². The van der Waals surface area contributed by atoms with Crippen molar-refractivity contribution in [2.75, 3.05) is 0 Å². The van der Waals surface area contributed by atoms with Crippen LogP contribution in [0, 0.1) is 0 Å². The molecule has 2 rings (SSSR count). The second-order valence-corrected chi connectivity index (χ2v) is 6.72. The Morgan fingerprint density at radius 3 is 2.00 bits per heavy atom. The van der Waals surface area contributed by atoms with E-state index in [0.717, 1.165) is 6.07 Å². The van der Waals surface area contributed by atoms with Crippen molar-refractivity contribution in [3.8, 4) is 0 Å². The van der Waals surface area contributed by atoms with Gasteiger partial charge < -0.3 is 15.0 Å². The summed E-state index contributed by atoms with van der Waals surface area (Å²) in [5, 5.41) is 0. The van der Waals surface area contributed by atoms with Crippen molar-refractivity contribution in [1.82, 2.24) is 0 Å². The molecule has 0 bridgehead atoms. The fourth-order valence-electron chi connectivity index (χ4n) is 2.34. The lowest BCUT2D eigenvalue weighted by Crippen LogP contribution is -2.41. The largest absolute Gasteiger partial charge is 0.494 e. The third-order valence-corrected chi connectivity index (χ3v) is 4.40. The Bertz CT molecular complexity index is 554. The van der Waals surface area contributed by atoms with Crippen molar-refractivity contribution in [3.05, 3.63) is 29.3 Å². The Balaban J connectivity index is 2.43. The van der Waals surface area contributed by atoms with Gasteiger partial charge in [-0.05, 0) is 51.7 Å². The van der Waals surface area contributed by atoms with Crippen molar-refractivity contribution >= 4 is 12.6 Å². The number of alkyl halides is 3. The Kier molecular flexibility index (Phi) is 4.13. The zero-order chi connectivity index (χ0) is 16.9. The molecule has 0 radical (unpaired) electrons. The molecule has 0 spiro atoms. The zero-order valence-electron chi connectivity index (χ0n) is 13.4. The lowest BCUT2D eigenvalue weighted by Gasteiger charge is -2.32. The van der Waals surface area contributed by atoms with Crippen molar-refractivity contribution in [2.45, 2.75) is 58.0 Å². The summed E-state index contributed by atoms with van der Waals surface area (Å²) in [6.07, 6.45) is -4.47. The first kappa shape index (κ1) is 17.3. The summed E-state index contributed by atoms with van der Waals surface area (Å²) in [5.41, 5.74) is 4.10. The summed E-state index contributed by atoms with van der Waals surface area (Å²) in [7, 11) is -0.826. The van der Waals surface area contributed by atoms with Gasteiger partial charge in [0.25, 0.3) is 0 Å². The molecule has 0 amide bonds. The normalized spacial score (nSPS) is 22.0. The molecule has 1 aliphatic heterocycles. The number of hydrogen-bond donors (Lipinski definition) is 1. The lowest BCUT2D eigenvalue weighted by molar-refractivity contribution is -0.138. The van der Waals surface area contributed by atoms with E-state index >= 15 is 0 Å². The first-order chi connectivity index (χ1) is 9.85. The minimum absolute atomic E-state index is 0.0627. The van der Waals surface area contributed by atoms with Crippen LogP contribution in [-0.2, 0) is 15.5 Å². The van der Waals surface area contributed by atoms with Gasteiger partial charge in [-0.2, -0.15) is 13.2 Å². The average molecular weight is 315 g/mol. The number of nitrogens with two attached hydrogens (primary N) is 1. The molecule has 7 heteroatoms. The van der Waals surface area contributed by atoms with Gasteiger partial charge in [0.1, 0.15) is 0 Å². The quantitative estimate of drug-likeness (QED) is 0.853. The fraction of sp³-hybridized carbons (Fsp3) is 0.600. The molecule has 22 heavy (non-hydrogen) atoms. The van der Waals surface area contributed by atoms with Gasteiger partial charge in [0.2, 0.25) is 0 Å². The molecule has 1 heterocycles. The summed E-state index contributed by atoms with van der Waals surface area (Å²) in [4.78, 5) is 0. The van der Waals surface area contributed by atoms with E-state index < -0.39 is 36.1 Å². The van der Waals surface area contributed by atoms with Crippen molar-refractivity contribution in [1.29, 1.82) is 0 Å².